The second kappa shape index (κ2) is 5.39. The third-order valence-electron chi connectivity index (χ3n) is 3.64. The van der Waals surface area contributed by atoms with E-state index in [-0.39, 0.29) is 17.1 Å². The SMILES string of the molecule is Cc1c(Cc2ccc(Cl)cc2)c(=O)oc2cc(O)cc(O)c12. The Morgan fingerprint density at radius 1 is 1.14 bits per heavy atom. The van der Waals surface area contributed by atoms with E-state index in [0.717, 1.165) is 5.56 Å². The van der Waals surface area contributed by atoms with Gasteiger partial charge >= 0.3 is 5.63 Å². The van der Waals surface area contributed by atoms with Crippen LogP contribution >= 0.6 is 11.6 Å². The molecule has 0 bridgehead atoms. The van der Waals surface area contributed by atoms with E-state index in [9.17, 15) is 15.0 Å². The van der Waals surface area contributed by atoms with Gasteiger partial charge in [0.2, 0.25) is 0 Å². The molecule has 0 fully saturated rings. The Balaban J connectivity index is 2.18. The van der Waals surface area contributed by atoms with Crippen LogP contribution < -0.4 is 5.63 Å². The molecule has 4 nitrogen and oxygen atoms in total. The molecular formula is C17H13ClO4. The van der Waals surface area contributed by atoms with Crippen molar-refractivity contribution >= 4 is 22.6 Å². The van der Waals surface area contributed by atoms with Crippen molar-refractivity contribution in [3.63, 3.8) is 0 Å². The lowest BCUT2D eigenvalue weighted by Crippen LogP contribution is -2.11. The summed E-state index contributed by atoms with van der Waals surface area (Å²) in [5.41, 5.74) is 1.71. The third-order valence-corrected chi connectivity index (χ3v) is 3.89. The molecule has 22 heavy (non-hydrogen) atoms. The van der Waals surface area contributed by atoms with Gasteiger partial charge in [0.15, 0.2) is 0 Å². The lowest BCUT2D eigenvalue weighted by molar-refractivity contribution is 0.450. The number of phenolic OH excluding ortho intramolecular Hbond substituents is 2. The molecular weight excluding hydrogens is 304 g/mol. The Kier molecular flexibility index (Phi) is 3.54. The summed E-state index contributed by atoms with van der Waals surface area (Å²) in [7, 11) is 0. The smallest absolute Gasteiger partial charge is 0.340 e. The molecule has 0 aliphatic heterocycles. The van der Waals surface area contributed by atoms with Crippen LogP contribution in [0.15, 0.2) is 45.6 Å². The maximum Gasteiger partial charge on any atom is 0.340 e. The van der Waals surface area contributed by atoms with Crippen molar-refractivity contribution in [1.82, 2.24) is 0 Å². The lowest BCUT2D eigenvalue weighted by Gasteiger charge is -2.09. The van der Waals surface area contributed by atoms with Crippen molar-refractivity contribution in [3.05, 3.63) is 68.5 Å². The second-order valence-corrected chi connectivity index (χ2v) is 5.57. The van der Waals surface area contributed by atoms with Crippen LogP contribution in [0.25, 0.3) is 11.0 Å². The van der Waals surface area contributed by atoms with Crippen LogP contribution in [0.5, 0.6) is 11.5 Å². The predicted molar refractivity (Wildman–Crippen MR) is 84.8 cm³/mol. The molecule has 1 heterocycles. The van der Waals surface area contributed by atoms with Gasteiger partial charge in [0, 0.05) is 29.1 Å². The number of rotatable bonds is 2. The van der Waals surface area contributed by atoms with Crippen LogP contribution in [0.3, 0.4) is 0 Å². The van der Waals surface area contributed by atoms with Crippen molar-refractivity contribution < 1.29 is 14.6 Å². The topological polar surface area (TPSA) is 70.7 Å². The van der Waals surface area contributed by atoms with Gasteiger partial charge < -0.3 is 14.6 Å². The number of benzene rings is 2. The van der Waals surface area contributed by atoms with E-state index in [1.165, 1.54) is 12.1 Å². The average Bonchev–Trinajstić information content (AvgIpc) is 2.44. The number of halogens is 1. The number of hydrogen-bond donors (Lipinski definition) is 2. The molecule has 3 rings (SSSR count). The first-order valence-corrected chi connectivity index (χ1v) is 7.06. The number of hydrogen-bond acceptors (Lipinski definition) is 4. The molecule has 0 saturated carbocycles. The number of aryl methyl sites for hydroxylation is 1. The van der Waals surface area contributed by atoms with Crippen molar-refractivity contribution in [2.24, 2.45) is 0 Å². The zero-order valence-electron chi connectivity index (χ0n) is 11.8. The first kappa shape index (κ1) is 14.5. The Labute approximate surface area is 131 Å². The number of aromatic hydroxyl groups is 2. The predicted octanol–water partition coefficient (Wildman–Crippen LogP) is 3.76. The van der Waals surface area contributed by atoms with E-state index < -0.39 is 5.63 Å². The van der Waals surface area contributed by atoms with Crippen LogP contribution in [-0.4, -0.2) is 10.2 Å². The second-order valence-electron chi connectivity index (χ2n) is 5.13. The highest BCUT2D eigenvalue weighted by Gasteiger charge is 2.15. The first-order chi connectivity index (χ1) is 10.5. The van der Waals surface area contributed by atoms with Gasteiger partial charge in [-0.05, 0) is 30.2 Å². The Hall–Kier alpha value is -2.46. The number of phenols is 2. The Morgan fingerprint density at radius 2 is 1.82 bits per heavy atom. The summed E-state index contributed by atoms with van der Waals surface area (Å²) in [5.74, 6) is -0.272. The molecule has 0 aliphatic rings. The van der Waals surface area contributed by atoms with Crippen molar-refractivity contribution in [1.29, 1.82) is 0 Å². The van der Waals surface area contributed by atoms with Crippen molar-refractivity contribution in [3.8, 4) is 11.5 Å². The van der Waals surface area contributed by atoms with E-state index in [1.54, 1.807) is 19.1 Å². The largest absolute Gasteiger partial charge is 0.508 e. The maximum absolute atomic E-state index is 12.2. The summed E-state index contributed by atoms with van der Waals surface area (Å²) in [4.78, 5) is 12.2. The quantitative estimate of drug-likeness (QED) is 0.706. The fourth-order valence-electron chi connectivity index (χ4n) is 2.52. The third kappa shape index (κ3) is 2.53. The lowest BCUT2D eigenvalue weighted by atomic mass is 9.99. The summed E-state index contributed by atoms with van der Waals surface area (Å²) in [6.45, 7) is 1.75. The highest BCUT2D eigenvalue weighted by molar-refractivity contribution is 6.30. The van der Waals surface area contributed by atoms with E-state index in [2.05, 4.69) is 0 Å². The van der Waals surface area contributed by atoms with Crippen LogP contribution in [0.2, 0.25) is 5.02 Å². The van der Waals surface area contributed by atoms with Gasteiger partial charge in [-0.25, -0.2) is 4.79 Å². The van der Waals surface area contributed by atoms with Crippen LogP contribution in [0.4, 0.5) is 0 Å². The molecule has 112 valence electrons. The molecule has 0 atom stereocenters. The number of fused-ring (bicyclic) bond motifs is 1. The summed E-state index contributed by atoms with van der Waals surface area (Å²) >= 11 is 5.85. The van der Waals surface area contributed by atoms with Gasteiger partial charge in [0.05, 0.1) is 5.39 Å². The minimum atomic E-state index is -0.482. The van der Waals surface area contributed by atoms with Gasteiger partial charge in [-0.2, -0.15) is 0 Å². The van der Waals surface area contributed by atoms with Crippen LogP contribution in [0.1, 0.15) is 16.7 Å². The maximum atomic E-state index is 12.2. The molecule has 0 aliphatic carbocycles. The standard InChI is InChI=1S/C17H13ClO4/c1-9-13(6-10-2-4-11(18)5-3-10)17(21)22-15-8-12(19)7-14(20)16(9)15/h2-5,7-8,19-20H,6H2,1H3. The fraction of sp³-hybridized carbons (Fsp3) is 0.118. The van der Waals surface area contributed by atoms with E-state index in [0.29, 0.717) is 28.0 Å². The molecule has 0 unspecified atom stereocenters. The molecule has 5 heteroatoms. The first-order valence-electron chi connectivity index (χ1n) is 6.68. The average molecular weight is 317 g/mol. The molecule has 2 aromatic carbocycles. The minimum Gasteiger partial charge on any atom is -0.508 e. The highest BCUT2D eigenvalue weighted by Crippen LogP contribution is 2.32. The summed E-state index contributed by atoms with van der Waals surface area (Å²) in [6.07, 6.45) is 0.377. The Morgan fingerprint density at radius 3 is 2.50 bits per heavy atom. The van der Waals surface area contributed by atoms with Crippen LogP contribution in [0, 0.1) is 6.92 Å². The Bertz CT molecular complexity index is 911. The minimum absolute atomic E-state index is 0.117. The van der Waals surface area contributed by atoms with Gasteiger partial charge in [-0.3, -0.25) is 0 Å². The highest BCUT2D eigenvalue weighted by atomic mass is 35.5. The molecule has 3 aromatic rings. The fourth-order valence-corrected chi connectivity index (χ4v) is 2.65. The molecule has 1 aromatic heterocycles. The molecule has 0 amide bonds. The van der Waals surface area contributed by atoms with Crippen molar-refractivity contribution in [2.45, 2.75) is 13.3 Å². The van der Waals surface area contributed by atoms with Gasteiger partial charge in [0.25, 0.3) is 0 Å². The van der Waals surface area contributed by atoms with Gasteiger partial charge in [-0.15, -0.1) is 0 Å². The monoisotopic (exact) mass is 316 g/mol. The normalized spacial score (nSPS) is 11.0. The molecule has 0 spiro atoms. The summed E-state index contributed by atoms with van der Waals surface area (Å²) < 4.78 is 5.23. The van der Waals surface area contributed by atoms with Crippen molar-refractivity contribution in [2.75, 3.05) is 0 Å². The van der Waals surface area contributed by atoms with Gasteiger partial charge in [0.1, 0.15) is 17.1 Å². The molecule has 0 radical (unpaired) electrons. The van der Waals surface area contributed by atoms with E-state index in [4.69, 9.17) is 16.0 Å². The molecule has 0 saturated heterocycles. The van der Waals surface area contributed by atoms with Gasteiger partial charge in [-0.1, -0.05) is 23.7 Å². The summed E-state index contributed by atoms with van der Waals surface area (Å²) in [6, 6.07) is 9.72. The zero-order valence-corrected chi connectivity index (χ0v) is 12.5. The molecule has 2 N–H and O–H groups in total. The van der Waals surface area contributed by atoms with E-state index >= 15 is 0 Å². The summed E-state index contributed by atoms with van der Waals surface area (Å²) in [5, 5.41) is 20.6. The van der Waals surface area contributed by atoms with E-state index in [1.807, 2.05) is 12.1 Å². The van der Waals surface area contributed by atoms with Crippen LogP contribution in [-0.2, 0) is 6.42 Å². The zero-order chi connectivity index (χ0) is 15.9.